The smallest absolute Gasteiger partial charge is 0.258 e. The molecule has 1 atom stereocenters. The number of benzene rings is 2. The minimum Gasteiger partial charge on any atom is -0.258 e. The SMILES string of the molecule is O=[N+]([O-])c1ccccc1CC(Cl)c1cccc(Cl)c1. The molecule has 2 aromatic rings. The molecular weight excluding hydrogens is 285 g/mol. The van der Waals surface area contributed by atoms with E-state index in [1.165, 1.54) is 6.07 Å². The summed E-state index contributed by atoms with van der Waals surface area (Å²) in [5.74, 6) is 0. The van der Waals surface area contributed by atoms with Gasteiger partial charge >= 0.3 is 0 Å². The molecule has 0 heterocycles. The molecular formula is C14H11Cl2NO2. The number of nitrogens with zero attached hydrogens (tertiary/aromatic N) is 1. The first-order chi connectivity index (χ1) is 9.08. The van der Waals surface area contributed by atoms with E-state index in [9.17, 15) is 10.1 Å². The van der Waals surface area contributed by atoms with Gasteiger partial charge in [0.15, 0.2) is 0 Å². The summed E-state index contributed by atoms with van der Waals surface area (Å²) in [6.07, 6.45) is 0.388. The van der Waals surface area contributed by atoms with E-state index in [0.29, 0.717) is 17.0 Å². The van der Waals surface area contributed by atoms with Crippen LogP contribution in [-0.4, -0.2) is 4.92 Å². The summed E-state index contributed by atoms with van der Waals surface area (Å²) < 4.78 is 0. The molecule has 0 spiro atoms. The average Bonchev–Trinajstić information content (AvgIpc) is 2.39. The predicted molar refractivity (Wildman–Crippen MR) is 76.8 cm³/mol. The van der Waals surface area contributed by atoms with Crippen molar-refractivity contribution in [3.8, 4) is 0 Å². The highest BCUT2D eigenvalue weighted by atomic mass is 35.5. The van der Waals surface area contributed by atoms with Gasteiger partial charge in [0, 0.05) is 16.7 Å². The summed E-state index contributed by atoms with van der Waals surface area (Å²) in [4.78, 5) is 10.5. The molecule has 0 radical (unpaired) electrons. The summed E-state index contributed by atoms with van der Waals surface area (Å²) in [7, 11) is 0. The highest BCUT2D eigenvalue weighted by Crippen LogP contribution is 2.30. The number of para-hydroxylation sites is 1. The standard InChI is InChI=1S/C14H11Cl2NO2/c15-12-6-3-5-10(8-12)13(16)9-11-4-1-2-7-14(11)17(18)19/h1-8,13H,9H2. The second kappa shape index (κ2) is 6.04. The van der Waals surface area contributed by atoms with E-state index in [2.05, 4.69) is 0 Å². The summed E-state index contributed by atoms with van der Waals surface area (Å²) in [6.45, 7) is 0. The average molecular weight is 296 g/mol. The lowest BCUT2D eigenvalue weighted by molar-refractivity contribution is -0.385. The molecule has 2 rings (SSSR count). The molecule has 0 N–H and O–H groups in total. The van der Waals surface area contributed by atoms with Crippen molar-refractivity contribution in [1.29, 1.82) is 0 Å². The second-order valence-corrected chi connectivity index (χ2v) is 5.08. The van der Waals surface area contributed by atoms with Gasteiger partial charge in [-0.1, -0.05) is 41.9 Å². The molecule has 19 heavy (non-hydrogen) atoms. The van der Waals surface area contributed by atoms with Crippen LogP contribution in [0.2, 0.25) is 5.02 Å². The lowest BCUT2D eigenvalue weighted by atomic mass is 10.0. The Kier molecular flexibility index (Phi) is 4.40. The van der Waals surface area contributed by atoms with Gasteiger partial charge in [-0.2, -0.15) is 0 Å². The van der Waals surface area contributed by atoms with E-state index in [-0.39, 0.29) is 11.1 Å². The molecule has 0 aliphatic rings. The van der Waals surface area contributed by atoms with Crippen molar-refractivity contribution in [2.75, 3.05) is 0 Å². The van der Waals surface area contributed by atoms with E-state index in [1.54, 1.807) is 30.3 Å². The Morgan fingerprint density at radius 3 is 2.58 bits per heavy atom. The molecule has 0 bridgehead atoms. The van der Waals surface area contributed by atoms with Crippen molar-refractivity contribution in [2.24, 2.45) is 0 Å². The summed E-state index contributed by atoms with van der Waals surface area (Å²) in [5.41, 5.74) is 1.56. The maximum absolute atomic E-state index is 10.9. The number of hydrogen-bond acceptors (Lipinski definition) is 2. The molecule has 98 valence electrons. The molecule has 0 aliphatic carbocycles. The summed E-state index contributed by atoms with van der Waals surface area (Å²) in [6, 6.07) is 13.8. The number of hydrogen-bond donors (Lipinski definition) is 0. The van der Waals surface area contributed by atoms with Crippen LogP contribution < -0.4 is 0 Å². The highest BCUT2D eigenvalue weighted by molar-refractivity contribution is 6.30. The van der Waals surface area contributed by atoms with Crippen LogP contribution in [0.25, 0.3) is 0 Å². The predicted octanol–water partition coefficient (Wildman–Crippen LogP) is 4.77. The molecule has 0 aromatic heterocycles. The van der Waals surface area contributed by atoms with Gasteiger partial charge in [0.05, 0.1) is 10.3 Å². The maximum atomic E-state index is 10.9. The van der Waals surface area contributed by atoms with Crippen molar-refractivity contribution in [1.82, 2.24) is 0 Å². The van der Waals surface area contributed by atoms with E-state index >= 15 is 0 Å². The van der Waals surface area contributed by atoms with Crippen molar-refractivity contribution >= 4 is 28.9 Å². The summed E-state index contributed by atoms with van der Waals surface area (Å²) in [5, 5.41) is 11.2. The molecule has 3 nitrogen and oxygen atoms in total. The topological polar surface area (TPSA) is 43.1 Å². The molecule has 0 saturated heterocycles. The van der Waals surface area contributed by atoms with E-state index in [4.69, 9.17) is 23.2 Å². The molecule has 0 fully saturated rings. The number of nitro groups is 1. The van der Waals surface area contributed by atoms with E-state index < -0.39 is 4.92 Å². The Balaban J connectivity index is 2.24. The van der Waals surface area contributed by atoms with Crippen LogP contribution >= 0.6 is 23.2 Å². The van der Waals surface area contributed by atoms with Gasteiger partial charge < -0.3 is 0 Å². The zero-order valence-electron chi connectivity index (χ0n) is 9.92. The third kappa shape index (κ3) is 3.46. The Labute approximate surface area is 120 Å². The van der Waals surface area contributed by atoms with E-state index in [0.717, 1.165) is 5.56 Å². The zero-order chi connectivity index (χ0) is 13.8. The Bertz CT molecular complexity index is 602. The third-order valence-electron chi connectivity index (χ3n) is 2.80. The monoisotopic (exact) mass is 295 g/mol. The second-order valence-electron chi connectivity index (χ2n) is 4.11. The van der Waals surface area contributed by atoms with E-state index in [1.807, 2.05) is 12.1 Å². The Hall–Kier alpha value is -1.58. The van der Waals surface area contributed by atoms with Crippen LogP contribution in [0.4, 0.5) is 5.69 Å². The molecule has 1 unspecified atom stereocenters. The normalized spacial score (nSPS) is 12.1. The lowest BCUT2D eigenvalue weighted by Gasteiger charge is -2.10. The van der Waals surface area contributed by atoms with Gasteiger partial charge in [0.25, 0.3) is 5.69 Å². The third-order valence-corrected chi connectivity index (χ3v) is 3.44. The maximum Gasteiger partial charge on any atom is 0.272 e. The van der Waals surface area contributed by atoms with Crippen LogP contribution in [0, 0.1) is 10.1 Å². The van der Waals surface area contributed by atoms with Gasteiger partial charge in [-0.3, -0.25) is 10.1 Å². The van der Waals surface area contributed by atoms with Crippen molar-refractivity contribution in [2.45, 2.75) is 11.8 Å². The fourth-order valence-corrected chi connectivity index (χ4v) is 2.37. The number of halogens is 2. The van der Waals surface area contributed by atoms with Crippen molar-refractivity contribution in [3.05, 3.63) is 74.8 Å². The quantitative estimate of drug-likeness (QED) is 0.463. The fourth-order valence-electron chi connectivity index (χ4n) is 1.87. The van der Waals surface area contributed by atoms with Gasteiger partial charge in [0.2, 0.25) is 0 Å². The summed E-state index contributed by atoms with van der Waals surface area (Å²) >= 11 is 12.2. The van der Waals surface area contributed by atoms with Gasteiger partial charge in [-0.05, 0) is 24.1 Å². The molecule has 0 saturated carbocycles. The number of rotatable bonds is 4. The lowest BCUT2D eigenvalue weighted by Crippen LogP contribution is -2.00. The van der Waals surface area contributed by atoms with Crippen LogP contribution in [0.1, 0.15) is 16.5 Å². The fraction of sp³-hybridized carbons (Fsp3) is 0.143. The minimum absolute atomic E-state index is 0.0928. The van der Waals surface area contributed by atoms with Gasteiger partial charge in [0.1, 0.15) is 0 Å². The Morgan fingerprint density at radius 1 is 1.16 bits per heavy atom. The largest absolute Gasteiger partial charge is 0.272 e. The van der Waals surface area contributed by atoms with Crippen molar-refractivity contribution in [3.63, 3.8) is 0 Å². The first kappa shape index (κ1) is 13.8. The van der Waals surface area contributed by atoms with Crippen LogP contribution in [0.5, 0.6) is 0 Å². The molecule has 0 amide bonds. The van der Waals surface area contributed by atoms with Crippen LogP contribution in [-0.2, 0) is 6.42 Å². The first-order valence-electron chi connectivity index (χ1n) is 5.70. The first-order valence-corrected chi connectivity index (χ1v) is 6.51. The molecule has 2 aromatic carbocycles. The Morgan fingerprint density at radius 2 is 1.89 bits per heavy atom. The zero-order valence-corrected chi connectivity index (χ0v) is 11.4. The van der Waals surface area contributed by atoms with Crippen molar-refractivity contribution < 1.29 is 4.92 Å². The van der Waals surface area contributed by atoms with Gasteiger partial charge in [-0.15, -0.1) is 11.6 Å². The molecule has 5 heteroatoms. The van der Waals surface area contributed by atoms with Crippen LogP contribution in [0.15, 0.2) is 48.5 Å². The van der Waals surface area contributed by atoms with Crippen LogP contribution in [0.3, 0.4) is 0 Å². The number of alkyl halides is 1. The van der Waals surface area contributed by atoms with Gasteiger partial charge in [-0.25, -0.2) is 0 Å². The number of nitro benzene ring substituents is 1. The minimum atomic E-state index is -0.392. The highest BCUT2D eigenvalue weighted by Gasteiger charge is 2.17. The molecule has 0 aliphatic heterocycles.